The lowest BCUT2D eigenvalue weighted by molar-refractivity contribution is -0.120. The first-order valence-corrected chi connectivity index (χ1v) is 10.3. The summed E-state index contributed by atoms with van der Waals surface area (Å²) in [5, 5.41) is 0. The smallest absolute Gasteiger partial charge is 0.263 e. The molecule has 1 fully saturated rings. The third kappa shape index (κ3) is 3.07. The molecule has 1 saturated carbocycles. The quantitative estimate of drug-likeness (QED) is 0.896. The molecule has 2 heterocycles. The van der Waals surface area contributed by atoms with Gasteiger partial charge in [0.15, 0.2) is 0 Å². The topological polar surface area (TPSA) is 79.4 Å². The van der Waals surface area contributed by atoms with Crippen molar-refractivity contribution in [2.24, 2.45) is 5.92 Å². The fourth-order valence-electron chi connectivity index (χ4n) is 3.43. The molecule has 1 N–H and O–H groups in total. The van der Waals surface area contributed by atoms with E-state index in [1.165, 1.54) is 0 Å². The van der Waals surface area contributed by atoms with Crippen LogP contribution in [0.2, 0.25) is 0 Å². The summed E-state index contributed by atoms with van der Waals surface area (Å²) in [6.07, 6.45) is 2.58. The molecule has 1 aliphatic heterocycles. The molecule has 0 spiro atoms. The largest absolute Gasteiger partial charge is 0.309 e. The van der Waals surface area contributed by atoms with E-state index in [4.69, 9.17) is 0 Å². The highest BCUT2D eigenvalue weighted by Gasteiger charge is 2.39. The third-order valence-electron chi connectivity index (χ3n) is 4.87. The van der Waals surface area contributed by atoms with Gasteiger partial charge >= 0.3 is 0 Å². The maximum Gasteiger partial charge on any atom is 0.263 e. The number of pyridine rings is 1. The monoisotopic (exact) mass is 371 g/mol. The normalized spacial score (nSPS) is 19.3. The summed E-state index contributed by atoms with van der Waals surface area (Å²) in [7, 11) is -3.73. The molecular weight excluding hydrogens is 350 g/mol. The fourth-order valence-corrected chi connectivity index (χ4v) is 4.49. The van der Waals surface area contributed by atoms with Crippen molar-refractivity contribution in [1.82, 2.24) is 4.98 Å². The van der Waals surface area contributed by atoms with Gasteiger partial charge in [-0.05, 0) is 69.0 Å². The predicted octanol–water partition coefficient (Wildman–Crippen LogP) is 2.88. The Kier molecular flexibility index (Phi) is 3.99. The van der Waals surface area contributed by atoms with Crippen molar-refractivity contribution in [3.8, 4) is 0 Å². The Bertz CT molecular complexity index is 983. The predicted molar refractivity (Wildman–Crippen MR) is 99.6 cm³/mol. The number of nitrogens with one attached hydrogen (secondary N) is 1. The maximum atomic E-state index is 12.7. The first kappa shape index (κ1) is 17.0. The number of carbonyl (C=O) groups is 1. The molecule has 4 rings (SSSR count). The lowest BCUT2D eigenvalue weighted by Crippen LogP contribution is -2.36. The molecule has 0 radical (unpaired) electrons. The van der Waals surface area contributed by atoms with Crippen LogP contribution in [-0.4, -0.2) is 25.4 Å². The van der Waals surface area contributed by atoms with E-state index in [0.717, 1.165) is 29.8 Å². The zero-order valence-corrected chi connectivity index (χ0v) is 15.6. The van der Waals surface area contributed by atoms with Gasteiger partial charge in [-0.3, -0.25) is 9.52 Å². The van der Waals surface area contributed by atoms with Crippen molar-refractivity contribution in [3.05, 3.63) is 47.7 Å². The summed E-state index contributed by atoms with van der Waals surface area (Å²) in [5.74, 6) is 0.596. The zero-order chi connectivity index (χ0) is 18.5. The Morgan fingerprint density at radius 2 is 2.00 bits per heavy atom. The van der Waals surface area contributed by atoms with Crippen LogP contribution in [0.5, 0.6) is 0 Å². The van der Waals surface area contributed by atoms with Crippen LogP contribution in [0, 0.1) is 12.8 Å². The van der Waals surface area contributed by atoms with Crippen LogP contribution in [-0.2, 0) is 21.2 Å². The zero-order valence-electron chi connectivity index (χ0n) is 14.8. The number of carbonyl (C=O) groups excluding carboxylic acids is 1. The highest BCUT2D eigenvalue weighted by molar-refractivity contribution is 7.92. The molecule has 1 atom stereocenters. The maximum absolute atomic E-state index is 12.7. The number of fused-ring (bicyclic) bond motifs is 1. The second-order valence-electron chi connectivity index (χ2n) is 7.10. The minimum atomic E-state index is -3.73. The second kappa shape index (κ2) is 6.09. The number of nitrogens with zero attached hydrogens (tertiary/aromatic N) is 2. The van der Waals surface area contributed by atoms with E-state index in [-0.39, 0.29) is 22.8 Å². The first-order valence-electron chi connectivity index (χ1n) is 8.77. The first-order chi connectivity index (χ1) is 12.3. The lowest BCUT2D eigenvalue weighted by atomic mass is 10.1. The molecule has 0 saturated heterocycles. The van der Waals surface area contributed by atoms with Gasteiger partial charge < -0.3 is 4.90 Å². The lowest BCUT2D eigenvalue weighted by Gasteiger charge is -2.22. The van der Waals surface area contributed by atoms with E-state index in [1.54, 1.807) is 43.3 Å². The summed E-state index contributed by atoms with van der Waals surface area (Å²) in [5.41, 5.74) is 2.47. The van der Waals surface area contributed by atoms with Crippen LogP contribution in [0.1, 0.15) is 31.0 Å². The minimum absolute atomic E-state index is 0.0578. The highest BCUT2D eigenvalue weighted by atomic mass is 32.2. The third-order valence-corrected chi connectivity index (χ3v) is 6.22. The van der Waals surface area contributed by atoms with Gasteiger partial charge in [-0.1, -0.05) is 6.07 Å². The molecule has 1 unspecified atom stereocenters. The Balaban J connectivity index is 1.63. The Morgan fingerprint density at radius 1 is 1.23 bits per heavy atom. The van der Waals surface area contributed by atoms with E-state index in [2.05, 4.69) is 9.71 Å². The SMILES string of the molecule is Cc1cccc(NS(=O)(=O)c2ccc3c(c2)CC(C)N3C(=O)C2CC2)n1. The van der Waals surface area contributed by atoms with Gasteiger partial charge in [-0.25, -0.2) is 13.4 Å². The molecule has 2 aromatic rings. The summed E-state index contributed by atoms with van der Waals surface area (Å²) < 4.78 is 27.9. The van der Waals surface area contributed by atoms with Gasteiger partial charge in [-0.15, -0.1) is 0 Å². The van der Waals surface area contributed by atoms with Crippen molar-refractivity contribution in [2.75, 3.05) is 9.62 Å². The summed E-state index contributed by atoms with van der Waals surface area (Å²) in [6, 6.07) is 10.2. The molecule has 2 aliphatic rings. The molecule has 1 aromatic carbocycles. The Labute approximate surface area is 153 Å². The van der Waals surface area contributed by atoms with Crippen molar-refractivity contribution in [1.29, 1.82) is 0 Å². The van der Waals surface area contributed by atoms with Crippen LogP contribution in [0.25, 0.3) is 0 Å². The number of aromatic nitrogens is 1. The van der Waals surface area contributed by atoms with Crippen LogP contribution in [0.15, 0.2) is 41.3 Å². The van der Waals surface area contributed by atoms with Crippen molar-refractivity contribution in [3.63, 3.8) is 0 Å². The minimum Gasteiger partial charge on any atom is -0.309 e. The standard InChI is InChI=1S/C19H21N3O3S/c1-12-4-3-5-18(20-12)21-26(24,25)16-8-9-17-15(11-16)10-13(2)22(17)19(23)14-6-7-14/h3-5,8-9,11,13-14H,6-7,10H2,1-2H3,(H,20,21). The van der Waals surface area contributed by atoms with Gasteiger partial charge in [0.25, 0.3) is 10.0 Å². The van der Waals surface area contributed by atoms with Gasteiger partial charge in [0.05, 0.1) is 4.90 Å². The number of sulfonamides is 1. The van der Waals surface area contributed by atoms with Crippen molar-refractivity contribution in [2.45, 2.75) is 44.0 Å². The fraction of sp³-hybridized carbons (Fsp3) is 0.368. The molecule has 0 bridgehead atoms. The van der Waals surface area contributed by atoms with E-state index in [9.17, 15) is 13.2 Å². The molecule has 6 nitrogen and oxygen atoms in total. The molecule has 136 valence electrons. The summed E-state index contributed by atoms with van der Waals surface area (Å²) in [6.45, 7) is 3.81. The number of aryl methyl sites for hydroxylation is 1. The van der Waals surface area contributed by atoms with Gasteiger partial charge in [-0.2, -0.15) is 0 Å². The van der Waals surface area contributed by atoms with E-state index in [0.29, 0.717) is 12.2 Å². The van der Waals surface area contributed by atoms with E-state index >= 15 is 0 Å². The highest BCUT2D eigenvalue weighted by Crippen LogP contribution is 2.39. The molecule has 26 heavy (non-hydrogen) atoms. The van der Waals surface area contributed by atoms with Gasteiger partial charge in [0, 0.05) is 23.3 Å². The van der Waals surface area contributed by atoms with Gasteiger partial charge in [0.2, 0.25) is 5.91 Å². The van der Waals surface area contributed by atoms with Crippen LogP contribution >= 0.6 is 0 Å². The average Bonchev–Trinajstić information content (AvgIpc) is 3.36. The molecular formula is C19H21N3O3S. The van der Waals surface area contributed by atoms with Gasteiger partial charge in [0.1, 0.15) is 5.82 Å². The van der Waals surface area contributed by atoms with Crippen LogP contribution in [0.4, 0.5) is 11.5 Å². The second-order valence-corrected chi connectivity index (χ2v) is 8.78. The average molecular weight is 371 g/mol. The molecule has 1 aliphatic carbocycles. The molecule has 1 aromatic heterocycles. The van der Waals surface area contributed by atoms with E-state index in [1.807, 2.05) is 11.8 Å². The Hall–Kier alpha value is -2.41. The summed E-state index contributed by atoms with van der Waals surface area (Å²) >= 11 is 0. The van der Waals surface area contributed by atoms with E-state index < -0.39 is 10.0 Å². The Morgan fingerprint density at radius 3 is 2.69 bits per heavy atom. The van der Waals surface area contributed by atoms with Crippen molar-refractivity contribution < 1.29 is 13.2 Å². The number of hydrogen-bond acceptors (Lipinski definition) is 4. The number of amides is 1. The molecule has 7 heteroatoms. The van der Waals surface area contributed by atoms with Crippen LogP contribution < -0.4 is 9.62 Å². The summed E-state index contributed by atoms with van der Waals surface area (Å²) in [4.78, 5) is 18.7. The molecule has 1 amide bonds. The van der Waals surface area contributed by atoms with Crippen molar-refractivity contribution >= 4 is 27.4 Å². The number of rotatable bonds is 4. The van der Waals surface area contributed by atoms with Crippen LogP contribution in [0.3, 0.4) is 0 Å². The number of benzene rings is 1. The number of hydrogen-bond donors (Lipinski definition) is 1. The number of anilines is 2.